The van der Waals surface area contributed by atoms with E-state index in [2.05, 4.69) is 10.6 Å². The van der Waals surface area contributed by atoms with Crippen molar-refractivity contribution in [3.8, 4) is 0 Å². The van der Waals surface area contributed by atoms with Crippen molar-refractivity contribution in [1.82, 2.24) is 10.6 Å². The molecular weight excluding hydrogens is 253 g/mol. The van der Waals surface area contributed by atoms with Crippen LogP contribution >= 0.6 is 0 Å². The summed E-state index contributed by atoms with van der Waals surface area (Å²) in [4.78, 5) is 19.9. The summed E-state index contributed by atoms with van der Waals surface area (Å²) in [7, 11) is 1.91. The van der Waals surface area contributed by atoms with Gasteiger partial charge in [-0.05, 0) is 26.4 Å². The number of nitrogens with one attached hydrogen (secondary N) is 2. The van der Waals surface area contributed by atoms with E-state index in [1.807, 2.05) is 13.1 Å². The van der Waals surface area contributed by atoms with E-state index in [0.717, 1.165) is 31.5 Å². The lowest BCUT2D eigenvalue weighted by Crippen LogP contribution is -2.21. The molecule has 0 saturated carbocycles. The Labute approximate surface area is 102 Å². The molecule has 0 aromatic heterocycles. The summed E-state index contributed by atoms with van der Waals surface area (Å²) in [6.07, 6.45) is -1.24. The molecule has 18 heavy (non-hydrogen) atoms. The molecule has 3 N–H and O–H groups in total. The molecule has 1 saturated heterocycles. The summed E-state index contributed by atoms with van der Waals surface area (Å²) in [5.41, 5.74) is 0.945. The molecule has 1 rings (SSSR count). The van der Waals surface area contributed by atoms with Crippen LogP contribution in [0.3, 0.4) is 0 Å². The van der Waals surface area contributed by atoms with Crippen LogP contribution in [0.15, 0.2) is 11.6 Å². The van der Waals surface area contributed by atoms with Gasteiger partial charge in [0.15, 0.2) is 0 Å². The van der Waals surface area contributed by atoms with Gasteiger partial charge in [-0.25, -0.2) is 4.79 Å². The van der Waals surface area contributed by atoms with Gasteiger partial charge in [-0.2, -0.15) is 13.2 Å². The first-order valence-electron chi connectivity index (χ1n) is 5.21. The number of aliphatic carboxylic acids is 1. The fourth-order valence-corrected chi connectivity index (χ4v) is 1.12. The number of carbonyl (C=O) groups excluding carboxylic acids is 1. The van der Waals surface area contributed by atoms with Crippen molar-refractivity contribution in [2.45, 2.75) is 19.0 Å². The van der Waals surface area contributed by atoms with Crippen LogP contribution in [-0.2, 0) is 9.59 Å². The maximum atomic E-state index is 11.0. The smallest absolute Gasteiger partial charge is 0.475 e. The number of carboxylic acids is 1. The molecule has 1 amide bonds. The Hall–Kier alpha value is -1.57. The molecule has 0 spiro atoms. The molecule has 0 bridgehead atoms. The third-order valence-corrected chi connectivity index (χ3v) is 2.00. The Morgan fingerprint density at radius 2 is 2.11 bits per heavy atom. The summed E-state index contributed by atoms with van der Waals surface area (Å²) in [5.74, 6) is -2.64. The van der Waals surface area contributed by atoms with Gasteiger partial charge in [0.2, 0.25) is 5.91 Å². The maximum Gasteiger partial charge on any atom is 0.490 e. The first-order chi connectivity index (χ1) is 8.29. The highest BCUT2D eigenvalue weighted by Crippen LogP contribution is 2.13. The van der Waals surface area contributed by atoms with Gasteiger partial charge in [0, 0.05) is 12.1 Å². The van der Waals surface area contributed by atoms with Crippen molar-refractivity contribution in [2.75, 3.05) is 20.1 Å². The summed E-state index contributed by atoms with van der Waals surface area (Å²) >= 11 is 0. The van der Waals surface area contributed by atoms with Crippen molar-refractivity contribution >= 4 is 11.9 Å². The van der Waals surface area contributed by atoms with Crippen molar-refractivity contribution in [3.05, 3.63) is 11.6 Å². The van der Waals surface area contributed by atoms with Gasteiger partial charge < -0.3 is 15.7 Å². The Kier molecular flexibility index (Phi) is 7.03. The topological polar surface area (TPSA) is 78.4 Å². The third-order valence-electron chi connectivity index (χ3n) is 2.00. The Morgan fingerprint density at radius 1 is 1.56 bits per heavy atom. The Morgan fingerprint density at radius 3 is 2.44 bits per heavy atom. The minimum absolute atomic E-state index is 0.112. The lowest BCUT2D eigenvalue weighted by molar-refractivity contribution is -0.192. The SMILES string of the molecule is CNCC/C=C1\CCNC1=O.O=C(O)C(F)(F)F. The molecule has 104 valence electrons. The average Bonchev–Trinajstić information content (AvgIpc) is 2.64. The second kappa shape index (κ2) is 7.70. The molecule has 1 fully saturated rings. The van der Waals surface area contributed by atoms with Crippen molar-refractivity contribution < 1.29 is 27.9 Å². The average molecular weight is 268 g/mol. The van der Waals surface area contributed by atoms with Gasteiger partial charge in [-0.3, -0.25) is 4.79 Å². The van der Waals surface area contributed by atoms with Crippen LogP contribution < -0.4 is 10.6 Å². The fraction of sp³-hybridized carbons (Fsp3) is 0.600. The number of carboxylic acid groups (broad SMARTS) is 1. The molecule has 1 aliphatic rings. The molecule has 0 aliphatic carbocycles. The first kappa shape index (κ1) is 16.4. The molecule has 1 heterocycles. The van der Waals surface area contributed by atoms with E-state index in [-0.39, 0.29) is 5.91 Å². The van der Waals surface area contributed by atoms with E-state index in [1.165, 1.54) is 0 Å². The van der Waals surface area contributed by atoms with Crippen LogP contribution in [-0.4, -0.2) is 43.3 Å². The van der Waals surface area contributed by atoms with Gasteiger partial charge in [0.1, 0.15) is 0 Å². The Balaban J connectivity index is 0.000000360. The van der Waals surface area contributed by atoms with Crippen LogP contribution in [0.5, 0.6) is 0 Å². The number of carbonyl (C=O) groups is 2. The van der Waals surface area contributed by atoms with Crippen LogP contribution in [0.25, 0.3) is 0 Å². The quantitative estimate of drug-likeness (QED) is 0.519. The zero-order valence-electron chi connectivity index (χ0n) is 9.80. The van der Waals surface area contributed by atoms with Crippen LogP contribution in [0.1, 0.15) is 12.8 Å². The van der Waals surface area contributed by atoms with Crippen LogP contribution in [0.4, 0.5) is 13.2 Å². The molecule has 0 atom stereocenters. The number of alkyl halides is 3. The second-order valence-corrected chi connectivity index (χ2v) is 3.43. The minimum Gasteiger partial charge on any atom is -0.475 e. The molecule has 0 radical (unpaired) electrons. The monoisotopic (exact) mass is 268 g/mol. The van der Waals surface area contributed by atoms with E-state index in [0.29, 0.717) is 0 Å². The van der Waals surface area contributed by atoms with Crippen LogP contribution in [0.2, 0.25) is 0 Å². The predicted octanol–water partition coefficient (Wildman–Crippen LogP) is 0.675. The number of halogens is 3. The van der Waals surface area contributed by atoms with Gasteiger partial charge >= 0.3 is 12.1 Å². The predicted molar refractivity (Wildman–Crippen MR) is 57.9 cm³/mol. The molecule has 0 aromatic carbocycles. The van der Waals surface area contributed by atoms with Crippen LogP contribution in [0, 0.1) is 0 Å². The zero-order chi connectivity index (χ0) is 14.2. The van der Waals surface area contributed by atoms with E-state index >= 15 is 0 Å². The zero-order valence-corrected chi connectivity index (χ0v) is 9.80. The van der Waals surface area contributed by atoms with Crippen molar-refractivity contribution in [2.24, 2.45) is 0 Å². The van der Waals surface area contributed by atoms with E-state index < -0.39 is 12.1 Å². The van der Waals surface area contributed by atoms with Crippen molar-refractivity contribution in [3.63, 3.8) is 0 Å². The van der Waals surface area contributed by atoms with Gasteiger partial charge in [0.05, 0.1) is 0 Å². The van der Waals surface area contributed by atoms with Gasteiger partial charge in [-0.1, -0.05) is 6.08 Å². The maximum absolute atomic E-state index is 11.0. The summed E-state index contributed by atoms with van der Waals surface area (Å²) < 4.78 is 31.7. The molecule has 0 aromatic rings. The lowest BCUT2D eigenvalue weighted by Gasteiger charge is -1.93. The largest absolute Gasteiger partial charge is 0.490 e. The van der Waals surface area contributed by atoms with E-state index in [9.17, 15) is 18.0 Å². The van der Waals surface area contributed by atoms with E-state index in [1.54, 1.807) is 0 Å². The van der Waals surface area contributed by atoms with Gasteiger partial charge in [-0.15, -0.1) is 0 Å². The second-order valence-electron chi connectivity index (χ2n) is 3.43. The number of rotatable bonds is 3. The van der Waals surface area contributed by atoms with E-state index in [4.69, 9.17) is 9.90 Å². The number of amides is 1. The standard InChI is InChI=1S/C8H14N2O.C2HF3O2/c1-9-5-2-3-7-4-6-10-8(7)11;3-2(4,5)1(6)7/h3,9H,2,4-6H2,1H3,(H,10,11);(H,6,7)/b7-3+;. The number of hydrogen-bond donors (Lipinski definition) is 3. The highest BCUT2D eigenvalue weighted by atomic mass is 19.4. The molecule has 5 nitrogen and oxygen atoms in total. The summed E-state index contributed by atoms with van der Waals surface area (Å²) in [6.45, 7) is 1.75. The third kappa shape index (κ3) is 6.89. The summed E-state index contributed by atoms with van der Waals surface area (Å²) in [5, 5.41) is 12.9. The molecular formula is C10H15F3N2O3. The Bertz CT molecular complexity index is 327. The molecule has 1 aliphatic heterocycles. The first-order valence-corrected chi connectivity index (χ1v) is 5.21. The van der Waals surface area contributed by atoms with Crippen molar-refractivity contribution in [1.29, 1.82) is 0 Å². The minimum atomic E-state index is -5.08. The van der Waals surface area contributed by atoms with Gasteiger partial charge in [0.25, 0.3) is 0 Å². The normalized spacial score (nSPS) is 17.1. The molecule has 0 unspecified atom stereocenters. The molecule has 8 heteroatoms. The highest BCUT2D eigenvalue weighted by molar-refractivity contribution is 5.95. The number of hydrogen-bond acceptors (Lipinski definition) is 3. The fourth-order valence-electron chi connectivity index (χ4n) is 1.12. The highest BCUT2D eigenvalue weighted by Gasteiger charge is 2.38. The summed E-state index contributed by atoms with van der Waals surface area (Å²) in [6, 6.07) is 0. The lowest BCUT2D eigenvalue weighted by atomic mass is 10.2.